The normalized spacial score (nSPS) is 12.5. The van der Waals surface area contributed by atoms with Crippen molar-refractivity contribution in [3.8, 4) is 17.4 Å². The molecule has 0 saturated heterocycles. The van der Waals surface area contributed by atoms with Crippen LogP contribution in [0.5, 0.6) is 0 Å². The quantitative estimate of drug-likeness (QED) is 0.299. The Morgan fingerprint density at radius 2 is 2.03 bits per heavy atom. The van der Waals surface area contributed by atoms with Crippen molar-refractivity contribution in [3.05, 3.63) is 64.1 Å². The van der Waals surface area contributed by atoms with Gasteiger partial charge in [-0.25, -0.2) is 0 Å². The number of hydrogen-bond donors (Lipinski definition) is 2. The molecule has 0 aliphatic heterocycles. The van der Waals surface area contributed by atoms with Crippen LogP contribution in [-0.2, 0) is 0 Å². The zero-order chi connectivity index (χ0) is 21.5. The van der Waals surface area contributed by atoms with Gasteiger partial charge in [0.2, 0.25) is 0 Å². The minimum Gasteiger partial charge on any atom is -0.457 e. The SMILES string of the molecule is CN(C)c1ccc2cc(-c3ccc(/C=C(\C#N)SNCC(O)CN=O)o3)ccc2c1. The van der Waals surface area contributed by atoms with E-state index in [2.05, 4.69) is 51.2 Å². The molecule has 0 amide bonds. The first-order chi connectivity index (χ1) is 14.5. The Kier molecular flexibility index (Phi) is 7.25. The van der Waals surface area contributed by atoms with E-state index in [1.807, 2.05) is 26.2 Å². The standard InChI is InChI=1S/C22H22N4O3S/c1-26(2)18-6-5-15-9-17(4-3-16(15)10-18)22-8-7-20(29-22)11-21(12-23)30-25-14-19(27)13-24-28/h3-11,19,25,27H,13-14H2,1-2H3/b21-11+. The molecular weight excluding hydrogens is 400 g/mol. The Morgan fingerprint density at radius 3 is 2.77 bits per heavy atom. The third kappa shape index (κ3) is 5.48. The van der Waals surface area contributed by atoms with Crippen LogP contribution in [-0.4, -0.2) is 38.4 Å². The van der Waals surface area contributed by atoms with Crippen molar-refractivity contribution in [1.29, 1.82) is 5.26 Å². The number of nitriles is 1. The van der Waals surface area contributed by atoms with Gasteiger partial charge in [0, 0.05) is 38.0 Å². The molecule has 0 bridgehead atoms. The summed E-state index contributed by atoms with van der Waals surface area (Å²) in [6.45, 7) is -0.0472. The molecule has 0 aliphatic carbocycles. The maximum Gasteiger partial charge on any atom is 0.134 e. The second-order valence-electron chi connectivity index (χ2n) is 6.88. The van der Waals surface area contributed by atoms with Gasteiger partial charge in [0.15, 0.2) is 0 Å². The van der Waals surface area contributed by atoms with Gasteiger partial charge in [0.05, 0.1) is 6.10 Å². The lowest BCUT2D eigenvalue weighted by Gasteiger charge is -2.13. The Labute approximate surface area is 179 Å². The van der Waals surface area contributed by atoms with Crippen molar-refractivity contribution in [2.24, 2.45) is 5.18 Å². The minimum atomic E-state index is -0.883. The first-order valence-electron chi connectivity index (χ1n) is 9.30. The van der Waals surface area contributed by atoms with E-state index in [4.69, 9.17) is 4.42 Å². The molecule has 1 heterocycles. The molecule has 0 saturated carbocycles. The lowest BCUT2D eigenvalue weighted by molar-refractivity contribution is 0.188. The molecule has 1 aromatic heterocycles. The smallest absolute Gasteiger partial charge is 0.134 e. The lowest BCUT2D eigenvalue weighted by atomic mass is 10.0. The molecule has 0 radical (unpaired) electrons. The average Bonchev–Trinajstić information content (AvgIpc) is 3.21. The van der Waals surface area contributed by atoms with Gasteiger partial charge in [-0.1, -0.05) is 23.4 Å². The third-order valence-corrected chi connectivity index (χ3v) is 5.16. The van der Waals surface area contributed by atoms with Gasteiger partial charge in [0.1, 0.15) is 29.0 Å². The van der Waals surface area contributed by atoms with Crippen LogP contribution in [0.4, 0.5) is 5.69 Å². The number of anilines is 1. The summed E-state index contributed by atoms with van der Waals surface area (Å²) in [4.78, 5) is 12.6. The number of rotatable bonds is 9. The molecule has 1 unspecified atom stereocenters. The highest BCUT2D eigenvalue weighted by Crippen LogP contribution is 2.29. The van der Waals surface area contributed by atoms with Crippen LogP contribution in [0.1, 0.15) is 5.76 Å². The fourth-order valence-corrected chi connectivity index (χ4v) is 3.48. The first-order valence-corrected chi connectivity index (χ1v) is 10.1. The van der Waals surface area contributed by atoms with Crippen LogP contribution in [0.15, 0.2) is 63.0 Å². The second-order valence-corrected chi connectivity index (χ2v) is 7.81. The highest BCUT2D eigenvalue weighted by molar-refractivity contribution is 8.01. The van der Waals surface area contributed by atoms with Crippen LogP contribution in [0.2, 0.25) is 0 Å². The summed E-state index contributed by atoms with van der Waals surface area (Å²) in [5, 5.41) is 23.7. The van der Waals surface area contributed by atoms with Gasteiger partial charge in [-0.05, 0) is 53.1 Å². The Balaban J connectivity index is 1.73. The van der Waals surface area contributed by atoms with Crippen molar-refractivity contribution < 1.29 is 9.52 Å². The minimum absolute atomic E-state index is 0.144. The molecule has 2 N–H and O–H groups in total. The highest BCUT2D eigenvalue weighted by Gasteiger charge is 2.08. The van der Waals surface area contributed by atoms with Crippen LogP contribution >= 0.6 is 11.9 Å². The summed E-state index contributed by atoms with van der Waals surface area (Å²) in [5.74, 6) is 1.26. The maximum absolute atomic E-state index is 10.1. The molecule has 7 nitrogen and oxygen atoms in total. The van der Waals surface area contributed by atoms with E-state index in [1.165, 1.54) is 0 Å². The van der Waals surface area contributed by atoms with Gasteiger partial charge in [0.25, 0.3) is 0 Å². The number of benzene rings is 2. The molecule has 0 fully saturated rings. The summed E-state index contributed by atoms with van der Waals surface area (Å²) < 4.78 is 8.74. The van der Waals surface area contributed by atoms with Gasteiger partial charge < -0.3 is 14.4 Å². The average molecular weight is 423 g/mol. The van der Waals surface area contributed by atoms with Crippen molar-refractivity contribution in [2.45, 2.75) is 6.10 Å². The molecular formula is C22H22N4O3S. The van der Waals surface area contributed by atoms with E-state index in [9.17, 15) is 15.3 Å². The second kappa shape index (κ2) is 10.1. The number of nitrogens with one attached hydrogen (secondary N) is 1. The molecule has 3 aromatic rings. The zero-order valence-corrected chi connectivity index (χ0v) is 17.5. The van der Waals surface area contributed by atoms with Gasteiger partial charge >= 0.3 is 0 Å². The van der Waals surface area contributed by atoms with E-state index in [0.717, 1.165) is 34.0 Å². The number of aliphatic hydroxyl groups excluding tert-OH is 1. The summed E-state index contributed by atoms with van der Waals surface area (Å²) >= 11 is 1.06. The third-order valence-electron chi connectivity index (χ3n) is 4.42. The molecule has 2 aromatic carbocycles. The Bertz CT molecular complexity index is 1100. The fraction of sp³-hybridized carbons (Fsp3) is 0.227. The van der Waals surface area contributed by atoms with E-state index < -0.39 is 6.10 Å². The van der Waals surface area contributed by atoms with Crippen LogP contribution in [0.3, 0.4) is 0 Å². The molecule has 0 spiro atoms. The number of nitrogens with zero attached hydrogens (tertiary/aromatic N) is 3. The summed E-state index contributed by atoms with van der Waals surface area (Å²) in [7, 11) is 4.03. The highest BCUT2D eigenvalue weighted by atomic mass is 32.2. The molecule has 1 atom stereocenters. The predicted octanol–water partition coefficient (Wildman–Crippen LogP) is 4.40. The number of fused-ring (bicyclic) bond motifs is 1. The number of furan rings is 1. The maximum atomic E-state index is 10.1. The lowest BCUT2D eigenvalue weighted by Crippen LogP contribution is -2.24. The van der Waals surface area contributed by atoms with E-state index >= 15 is 0 Å². The van der Waals surface area contributed by atoms with Crippen LogP contribution in [0.25, 0.3) is 28.2 Å². The molecule has 0 aliphatic rings. The van der Waals surface area contributed by atoms with Crippen LogP contribution < -0.4 is 9.62 Å². The van der Waals surface area contributed by atoms with Gasteiger partial charge in [-0.3, -0.25) is 4.72 Å². The summed E-state index contributed by atoms with van der Waals surface area (Å²) in [6.07, 6.45) is 0.738. The van der Waals surface area contributed by atoms with E-state index in [0.29, 0.717) is 16.4 Å². The predicted molar refractivity (Wildman–Crippen MR) is 122 cm³/mol. The molecule has 8 heteroatoms. The van der Waals surface area contributed by atoms with Gasteiger partial charge in [-0.15, -0.1) is 0 Å². The van der Waals surface area contributed by atoms with Gasteiger partial charge in [-0.2, -0.15) is 10.2 Å². The van der Waals surface area contributed by atoms with Crippen molar-refractivity contribution in [3.63, 3.8) is 0 Å². The molecule has 154 valence electrons. The first kappa shape index (κ1) is 21.6. The Morgan fingerprint density at radius 1 is 1.27 bits per heavy atom. The van der Waals surface area contributed by atoms with Crippen molar-refractivity contribution in [1.82, 2.24) is 4.72 Å². The number of aliphatic hydroxyl groups is 1. The van der Waals surface area contributed by atoms with Crippen molar-refractivity contribution >= 4 is 34.5 Å². The Hall–Kier alpha value is -3.12. The number of hydrogen-bond acceptors (Lipinski definition) is 8. The largest absolute Gasteiger partial charge is 0.457 e. The summed E-state index contributed by atoms with van der Waals surface area (Å²) in [5.41, 5.74) is 2.10. The van der Waals surface area contributed by atoms with E-state index in [1.54, 1.807) is 12.1 Å². The molecule has 3 rings (SSSR count). The van der Waals surface area contributed by atoms with Crippen LogP contribution in [0, 0.1) is 16.2 Å². The summed E-state index contributed by atoms with van der Waals surface area (Å²) in [6, 6.07) is 18.2. The zero-order valence-electron chi connectivity index (χ0n) is 16.7. The topological polar surface area (TPSA) is 102 Å². The number of allylic oxidation sites excluding steroid dienone is 1. The molecule has 30 heavy (non-hydrogen) atoms. The van der Waals surface area contributed by atoms with E-state index in [-0.39, 0.29) is 13.1 Å². The van der Waals surface area contributed by atoms with Crippen molar-refractivity contribution in [2.75, 3.05) is 32.1 Å². The fourth-order valence-electron chi connectivity index (χ4n) is 2.83. The number of nitroso groups, excluding NO2 is 1. The monoisotopic (exact) mass is 422 g/mol.